The molecule has 1 aromatic heterocycles. The first-order valence-corrected chi connectivity index (χ1v) is 9.57. The Morgan fingerprint density at radius 2 is 1.96 bits per heavy atom. The predicted molar refractivity (Wildman–Crippen MR) is 111 cm³/mol. The maximum atomic E-state index is 11.7. The van der Waals surface area contributed by atoms with Crippen LogP contribution in [0, 0.1) is 0 Å². The van der Waals surface area contributed by atoms with Gasteiger partial charge in [-0.3, -0.25) is 0 Å². The van der Waals surface area contributed by atoms with Crippen LogP contribution < -0.4 is 15.5 Å². The molecule has 0 bridgehead atoms. The van der Waals surface area contributed by atoms with E-state index in [2.05, 4.69) is 20.5 Å². The lowest BCUT2D eigenvalue weighted by Gasteiger charge is -2.33. The van der Waals surface area contributed by atoms with Crippen LogP contribution in [-0.2, 0) is 4.74 Å². The first-order chi connectivity index (χ1) is 13.2. The number of esters is 1. The van der Waals surface area contributed by atoms with E-state index >= 15 is 0 Å². The Kier molecular flexibility index (Phi) is 6.59. The van der Waals surface area contributed by atoms with Crippen LogP contribution in [0.5, 0.6) is 0 Å². The quantitative estimate of drug-likeness (QED) is 0.606. The van der Waals surface area contributed by atoms with Gasteiger partial charge in [0.2, 0.25) is 0 Å². The van der Waals surface area contributed by atoms with Gasteiger partial charge in [0.05, 0.1) is 12.2 Å². The molecule has 1 aliphatic heterocycles. The van der Waals surface area contributed by atoms with Crippen molar-refractivity contribution >= 4 is 34.8 Å². The zero-order valence-electron chi connectivity index (χ0n) is 15.4. The Labute approximate surface area is 164 Å². The third-order valence-corrected chi connectivity index (χ3v) is 4.68. The van der Waals surface area contributed by atoms with Gasteiger partial charge in [0.15, 0.2) is 5.11 Å². The van der Waals surface area contributed by atoms with Crippen molar-refractivity contribution in [2.24, 2.45) is 0 Å². The lowest BCUT2D eigenvalue weighted by molar-refractivity contribution is 0.0526. The highest BCUT2D eigenvalue weighted by molar-refractivity contribution is 7.80. The number of pyridine rings is 1. The summed E-state index contributed by atoms with van der Waals surface area (Å²) in [5.41, 5.74) is 1.37. The Balaban J connectivity index is 1.45. The molecule has 0 radical (unpaired) electrons. The summed E-state index contributed by atoms with van der Waals surface area (Å²) < 4.78 is 4.98. The van der Waals surface area contributed by atoms with Gasteiger partial charge in [0.1, 0.15) is 5.82 Å². The fourth-order valence-corrected chi connectivity index (χ4v) is 3.33. The van der Waals surface area contributed by atoms with Crippen molar-refractivity contribution in [3.8, 4) is 0 Å². The summed E-state index contributed by atoms with van der Waals surface area (Å²) in [6.07, 6.45) is 3.83. The molecule has 142 valence electrons. The van der Waals surface area contributed by atoms with Gasteiger partial charge in [-0.15, -0.1) is 0 Å². The second-order valence-electron chi connectivity index (χ2n) is 6.35. The monoisotopic (exact) mass is 384 g/mol. The molecule has 2 N–H and O–H groups in total. The number of anilines is 2. The van der Waals surface area contributed by atoms with Gasteiger partial charge in [0, 0.05) is 31.0 Å². The van der Waals surface area contributed by atoms with Crippen molar-refractivity contribution in [3.05, 3.63) is 54.2 Å². The second-order valence-corrected chi connectivity index (χ2v) is 6.75. The number of piperidine rings is 1. The first-order valence-electron chi connectivity index (χ1n) is 9.16. The van der Waals surface area contributed by atoms with E-state index in [9.17, 15) is 4.79 Å². The molecule has 1 aromatic carbocycles. The van der Waals surface area contributed by atoms with Crippen LogP contribution in [0.4, 0.5) is 11.5 Å². The van der Waals surface area contributed by atoms with Crippen LogP contribution in [0.2, 0.25) is 0 Å². The summed E-state index contributed by atoms with van der Waals surface area (Å²) in [6, 6.07) is 13.4. The number of hydrogen-bond donors (Lipinski definition) is 2. The SMILES string of the molecule is CCOC(=O)c1ccc(NC(=S)NC2CCN(c3ccccn3)CC2)cc1. The van der Waals surface area contributed by atoms with Crippen LogP contribution in [0.25, 0.3) is 0 Å². The highest BCUT2D eigenvalue weighted by Crippen LogP contribution is 2.17. The molecule has 2 aromatic rings. The zero-order valence-corrected chi connectivity index (χ0v) is 16.2. The summed E-state index contributed by atoms with van der Waals surface area (Å²) in [4.78, 5) is 18.4. The van der Waals surface area contributed by atoms with Crippen molar-refractivity contribution in [2.45, 2.75) is 25.8 Å². The number of thiocarbonyl (C=S) groups is 1. The van der Waals surface area contributed by atoms with Gasteiger partial charge in [-0.05, 0) is 68.4 Å². The Hall–Kier alpha value is -2.67. The number of carbonyl (C=O) groups is 1. The smallest absolute Gasteiger partial charge is 0.338 e. The summed E-state index contributed by atoms with van der Waals surface area (Å²) in [5, 5.41) is 7.14. The van der Waals surface area contributed by atoms with Crippen molar-refractivity contribution in [1.82, 2.24) is 10.3 Å². The van der Waals surface area contributed by atoms with Crippen molar-refractivity contribution < 1.29 is 9.53 Å². The van der Waals surface area contributed by atoms with E-state index in [4.69, 9.17) is 17.0 Å². The molecule has 1 fully saturated rings. The minimum Gasteiger partial charge on any atom is -0.462 e. The van der Waals surface area contributed by atoms with Crippen molar-refractivity contribution in [2.75, 3.05) is 29.9 Å². The number of ether oxygens (including phenoxy) is 1. The summed E-state index contributed by atoms with van der Waals surface area (Å²) >= 11 is 5.43. The number of rotatable bonds is 5. The largest absolute Gasteiger partial charge is 0.462 e. The van der Waals surface area contributed by atoms with Crippen molar-refractivity contribution in [1.29, 1.82) is 0 Å². The number of nitrogens with zero attached hydrogens (tertiary/aromatic N) is 2. The van der Waals surface area contributed by atoms with E-state index in [0.717, 1.165) is 37.4 Å². The minimum absolute atomic E-state index is 0.315. The fraction of sp³-hybridized carbons (Fsp3) is 0.350. The lowest BCUT2D eigenvalue weighted by Crippen LogP contribution is -2.46. The van der Waals surface area contributed by atoms with Gasteiger partial charge in [-0.1, -0.05) is 6.07 Å². The summed E-state index contributed by atoms with van der Waals surface area (Å²) in [7, 11) is 0. The fourth-order valence-electron chi connectivity index (χ4n) is 3.05. The average molecular weight is 385 g/mol. The molecule has 0 unspecified atom stereocenters. The average Bonchev–Trinajstić information content (AvgIpc) is 2.70. The van der Waals surface area contributed by atoms with E-state index in [0.29, 0.717) is 23.3 Å². The van der Waals surface area contributed by atoms with E-state index in [1.54, 1.807) is 19.1 Å². The zero-order chi connectivity index (χ0) is 19.1. The normalized spacial score (nSPS) is 14.5. The molecule has 2 heterocycles. The number of hydrogen-bond acceptors (Lipinski definition) is 5. The molecule has 0 saturated carbocycles. The van der Waals surface area contributed by atoms with Crippen LogP contribution in [0.3, 0.4) is 0 Å². The molecule has 0 atom stereocenters. The van der Waals surface area contributed by atoms with Gasteiger partial charge in [0.25, 0.3) is 0 Å². The van der Waals surface area contributed by atoms with Crippen LogP contribution >= 0.6 is 12.2 Å². The Morgan fingerprint density at radius 1 is 1.22 bits per heavy atom. The van der Waals surface area contributed by atoms with E-state index in [1.165, 1.54) is 0 Å². The van der Waals surface area contributed by atoms with E-state index in [-0.39, 0.29) is 5.97 Å². The van der Waals surface area contributed by atoms with E-state index < -0.39 is 0 Å². The maximum absolute atomic E-state index is 11.7. The van der Waals surface area contributed by atoms with Gasteiger partial charge in [-0.2, -0.15) is 0 Å². The third-order valence-electron chi connectivity index (χ3n) is 4.46. The highest BCUT2D eigenvalue weighted by atomic mass is 32.1. The van der Waals surface area contributed by atoms with E-state index in [1.807, 2.05) is 36.5 Å². The van der Waals surface area contributed by atoms with Crippen LogP contribution in [-0.4, -0.2) is 41.8 Å². The van der Waals surface area contributed by atoms with Crippen LogP contribution in [0.1, 0.15) is 30.1 Å². The molecule has 27 heavy (non-hydrogen) atoms. The minimum atomic E-state index is -0.315. The molecule has 0 amide bonds. The molecule has 3 rings (SSSR count). The second kappa shape index (κ2) is 9.32. The first kappa shape index (κ1) is 19.1. The van der Waals surface area contributed by atoms with Gasteiger partial charge < -0.3 is 20.3 Å². The molecular weight excluding hydrogens is 360 g/mol. The molecule has 6 nitrogen and oxygen atoms in total. The molecular formula is C20H24N4O2S. The Morgan fingerprint density at radius 3 is 2.59 bits per heavy atom. The predicted octanol–water partition coefficient (Wildman–Crippen LogP) is 3.21. The number of aromatic nitrogens is 1. The van der Waals surface area contributed by atoms with Crippen molar-refractivity contribution in [3.63, 3.8) is 0 Å². The number of nitrogens with one attached hydrogen (secondary N) is 2. The molecule has 0 spiro atoms. The highest BCUT2D eigenvalue weighted by Gasteiger charge is 2.20. The molecule has 7 heteroatoms. The number of carbonyl (C=O) groups excluding carboxylic acids is 1. The standard InChI is InChI=1S/C20H24N4O2S/c1-2-26-19(25)15-6-8-16(9-7-15)22-20(27)23-17-10-13-24(14-11-17)18-5-3-4-12-21-18/h3-9,12,17H,2,10-11,13-14H2,1H3,(H2,22,23,27). The molecule has 0 aliphatic carbocycles. The summed E-state index contributed by atoms with van der Waals surface area (Å²) in [5.74, 6) is 0.711. The third kappa shape index (κ3) is 5.40. The lowest BCUT2D eigenvalue weighted by atomic mass is 10.1. The molecule has 1 saturated heterocycles. The molecule has 1 aliphatic rings. The van der Waals surface area contributed by atoms with Gasteiger partial charge in [-0.25, -0.2) is 9.78 Å². The topological polar surface area (TPSA) is 66.5 Å². The number of benzene rings is 1. The van der Waals surface area contributed by atoms with Gasteiger partial charge >= 0.3 is 5.97 Å². The summed E-state index contributed by atoms with van der Waals surface area (Å²) in [6.45, 7) is 4.06. The maximum Gasteiger partial charge on any atom is 0.338 e. The Bertz CT molecular complexity index is 759. The van der Waals surface area contributed by atoms with Crippen LogP contribution in [0.15, 0.2) is 48.7 Å².